The number of hydrogen-bond donors (Lipinski definition) is 0. The highest BCUT2D eigenvalue weighted by Gasteiger charge is 2.17. The fourth-order valence-corrected chi connectivity index (χ4v) is 3.74. The predicted octanol–water partition coefficient (Wildman–Crippen LogP) is 5.81. The molecular formula is C25H29ClN2O. The Hall–Kier alpha value is -2.52. The van der Waals surface area contributed by atoms with Crippen LogP contribution in [0.25, 0.3) is 0 Å². The van der Waals surface area contributed by atoms with Gasteiger partial charge in [0, 0.05) is 36.4 Å². The summed E-state index contributed by atoms with van der Waals surface area (Å²) in [5.74, 6) is 0.630. The topological polar surface area (TPSA) is 25.2 Å². The third kappa shape index (κ3) is 6.50. The summed E-state index contributed by atoms with van der Waals surface area (Å²) >= 11 is 6.13. The molecule has 0 atom stereocenters. The van der Waals surface area contributed by atoms with E-state index >= 15 is 0 Å². The lowest BCUT2D eigenvalue weighted by atomic mass is 10.1. The molecule has 3 nitrogen and oxygen atoms in total. The molecule has 1 heterocycles. The van der Waals surface area contributed by atoms with E-state index in [1.807, 2.05) is 47.4 Å². The summed E-state index contributed by atoms with van der Waals surface area (Å²) in [6, 6.07) is 22.3. The van der Waals surface area contributed by atoms with Gasteiger partial charge in [-0.25, -0.2) is 0 Å². The number of amides is 1. The number of aromatic nitrogens is 1. The van der Waals surface area contributed by atoms with E-state index in [1.165, 1.54) is 5.56 Å². The lowest BCUT2D eigenvalue weighted by molar-refractivity contribution is -0.132. The molecular weight excluding hydrogens is 380 g/mol. The molecule has 3 rings (SSSR count). The first-order valence-corrected chi connectivity index (χ1v) is 10.6. The Morgan fingerprint density at radius 3 is 2.48 bits per heavy atom. The minimum absolute atomic E-state index is 0.207. The highest BCUT2D eigenvalue weighted by Crippen LogP contribution is 2.16. The van der Waals surface area contributed by atoms with E-state index in [0.29, 0.717) is 18.9 Å². The van der Waals surface area contributed by atoms with Crippen LogP contribution in [0.3, 0.4) is 0 Å². The number of carbonyl (C=O) groups is 1. The number of nitrogens with zero attached hydrogens (tertiary/aromatic N) is 2. The van der Waals surface area contributed by atoms with Gasteiger partial charge in [0.25, 0.3) is 0 Å². The Bertz CT molecular complexity index is 917. The van der Waals surface area contributed by atoms with Crippen molar-refractivity contribution >= 4 is 17.5 Å². The van der Waals surface area contributed by atoms with E-state index in [-0.39, 0.29) is 5.91 Å². The Morgan fingerprint density at radius 1 is 1.00 bits per heavy atom. The van der Waals surface area contributed by atoms with Crippen molar-refractivity contribution in [2.45, 2.75) is 39.8 Å². The molecule has 3 aromatic rings. The van der Waals surface area contributed by atoms with E-state index in [0.717, 1.165) is 35.8 Å². The van der Waals surface area contributed by atoms with Crippen molar-refractivity contribution in [2.24, 2.45) is 5.92 Å². The van der Waals surface area contributed by atoms with E-state index in [2.05, 4.69) is 48.9 Å². The van der Waals surface area contributed by atoms with Gasteiger partial charge in [-0.2, -0.15) is 0 Å². The molecule has 0 aliphatic carbocycles. The minimum Gasteiger partial charge on any atom is -0.345 e. The third-order valence-electron chi connectivity index (χ3n) is 4.93. The Kier molecular flexibility index (Phi) is 7.54. The van der Waals surface area contributed by atoms with Crippen LogP contribution in [-0.2, 0) is 24.3 Å². The summed E-state index contributed by atoms with van der Waals surface area (Å²) in [6.45, 7) is 6.44. The first kappa shape index (κ1) is 21.2. The summed E-state index contributed by atoms with van der Waals surface area (Å²) in [5.41, 5.74) is 3.49. The summed E-state index contributed by atoms with van der Waals surface area (Å²) in [7, 11) is 0. The van der Waals surface area contributed by atoms with Crippen LogP contribution in [0.15, 0.2) is 72.9 Å². The van der Waals surface area contributed by atoms with Gasteiger partial charge in [-0.15, -0.1) is 0 Å². The first-order valence-electron chi connectivity index (χ1n) is 10.2. The van der Waals surface area contributed by atoms with Crippen molar-refractivity contribution in [3.63, 3.8) is 0 Å². The smallest absolute Gasteiger partial charge is 0.223 e. The second kappa shape index (κ2) is 10.3. The van der Waals surface area contributed by atoms with E-state index in [4.69, 9.17) is 11.6 Å². The molecule has 0 saturated heterocycles. The van der Waals surface area contributed by atoms with Gasteiger partial charge in [0.1, 0.15) is 0 Å². The highest BCUT2D eigenvalue weighted by molar-refractivity contribution is 6.30. The lowest BCUT2D eigenvalue weighted by Gasteiger charge is -2.25. The van der Waals surface area contributed by atoms with Crippen LogP contribution in [0.4, 0.5) is 0 Å². The Balaban J connectivity index is 1.68. The van der Waals surface area contributed by atoms with Crippen molar-refractivity contribution in [3.05, 3.63) is 94.8 Å². The molecule has 4 heteroatoms. The van der Waals surface area contributed by atoms with Crippen molar-refractivity contribution in [3.8, 4) is 0 Å². The zero-order valence-corrected chi connectivity index (χ0v) is 18.0. The van der Waals surface area contributed by atoms with Gasteiger partial charge in [0.05, 0.1) is 6.54 Å². The normalized spacial score (nSPS) is 11.0. The predicted molar refractivity (Wildman–Crippen MR) is 120 cm³/mol. The van der Waals surface area contributed by atoms with E-state index in [9.17, 15) is 4.79 Å². The summed E-state index contributed by atoms with van der Waals surface area (Å²) in [5, 5.41) is 0.744. The zero-order valence-electron chi connectivity index (χ0n) is 17.2. The number of aryl methyl sites for hydroxylation is 1. The number of carbonyl (C=O) groups excluding carboxylic acids is 1. The van der Waals surface area contributed by atoms with Crippen LogP contribution in [-0.4, -0.2) is 21.9 Å². The fraction of sp³-hybridized carbons (Fsp3) is 0.320. The van der Waals surface area contributed by atoms with E-state index < -0.39 is 0 Å². The average Bonchev–Trinajstić information content (AvgIpc) is 3.12. The summed E-state index contributed by atoms with van der Waals surface area (Å²) < 4.78 is 2.20. The van der Waals surface area contributed by atoms with Crippen LogP contribution in [0.1, 0.15) is 37.1 Å². The van der Waals surface area contributed by atoms with Gasteiger partial charge in [0.2, 0.25) is 5.91 Å². The molecule has 1 amide bonds. The SMILES string of the molecule is CC(C)CN(Cc1cccn1Cc1cccc(Cl)c1)C(=O)CCc1ccccc1. The number of halogens is 1. The maximum absolute atomic E-state index is 13.0. The molecule has 1 aromatic heterocycles. The first-order chi connectivity index (χ1) is 14.0. The van der Waals surface area contributed by atoms with Crippen LogP contribution in [0, 0.1) is 5.92 Å². The minimum atomic E-state index is 0.207. The van der Waals surface area contributed by atoms with Crippen molar-refractivity contribution < 1.29 is 4.79 Å². The van der Waals surface area contributed by atoms with Crippen LogP contribution in [0.2, 0.25) is 5.02 Å². The van der Waals surface area contributed by atoms with Crippen molar-refractivity contribution in [1.29, 1.82) is 0 Å². The monoisotopic (exact) mass is 408 g/mol. The van der Waals surface area contributed by atoms with Crippen LogP contribution in [0.5, 0.6) is 0 Å². The van der Waals surface area contributed by atoms with Crippen LogP contribution >= 0.6 is 11.6 Å². The van der Waals surface area contributed by atoms with E-state index in [1.54, 1.807) is 0 Å². The molecule has 0 bridgehead atoms. The van der Waals surface area contributed by atoms with Gasteiger partial charge < -0.3 is 9.47 Å². The highest BCUT2D eigenvalue weighted by atomic mass is 35.5. The largest absolute Gasteiger partial charge is 0.345 e. The zero-order chi connectivity index (χ0) is 20.6. The molecule has 0 fully saturated rings. The van der Waals surface area contributed by atoms with Crippen LogP contribution < -0.4 is 0 Å². The quantitative estimate of drug-likeness (QED) is 0.438. The molecule has 2 aromatic carbocycles. The summed E-state index contributed by atoms with van der Waals surface area (Å²) in [6.07, 6.45) is 3.38. The van der Waals surface area contributed by atoms with Crippen molar-refractivity contribution in [1.82, 2.24) is 9.47 Å². The van der Waals surface area contributed by atoms with Crippen molar-refractivity contribution in [2.75, 3.05) is 6.54 Å². The van der Waals surface area contributed by atoms with Gasteiger partial charge in [-0.05, 0) is 47.7 Å². The Labute approximate surface area is 178 Å². The molecule has 29 heavy (non-hydrogen) atoms. The second-order valence-corrected chi connectivity index (χ2v) is 8.35. The fourth-order valence-electron chi connectivity index (χ4n) is 3.52. The standard InChI is InChI=1S/C25H29ClN2O/c1-20(2)17-28(25(29)14-13-21-8-4-3-5-9-21)19-24-12-7-15-27(24)18-22-10-6-11-23(26)16-22/h3-12,15-16,20H,13-14,17-19H2,1-2H3. The molecule has 0 N–H and O–H groups in total. The number of hydrogen-bond acceptors (Lipinski definition) is 1. The van der Waals surface area contributed by atoms with Gasteiger partial charge in [-0.3, -0.25) is 4.79 Å². The Morgan fingerprint density at radius 2 is 1.76 bits per heavy atom. The van der Waals surface area contributed by atoms with Gasteiger partial charge >= 0.3 is 0 Å². The lowest BCUT2D eigenvalue weighted by Crippen LogP contribution is -2.34. The molecule has 0 radical (unpaired) electrons. The maximum atomic E-state index is 13.0. The summed E-state index contributed by atoms with van der Waals surface area (Å²) in [4.78, 5) is 15.0. The number of rotatable bonds is 9. The molecule has 0 aliphatic heterocycles. The molecule has 0 spiro atoms. The van der Waals surface area contributed by atoms with Gasteiger partial charge in [0.15, 0.2) is 0 Å². The molecule has 0 unspecified atom stereocenters. The molecule has 0 saturated carbocycles. The second-order valence-electron chi connectivity index (χ2n) is 7.91. The number of benzene rings is 2. The third-order valence-corrected chi connectivity index (χ3v) is 5.16. The average molecular weight is 409 g/mol. The molecule has 152 valence electrons. The maximum Gasteiger partial charge on any atom is 0.223 e. The molecule has 0 aliphatic rings. The van der Waals surface area contributed by atoms with Gasteiger partial charge in [-0.1, -0.05) is 67.9 Å².